The second-order valence-corrected chi connectivity index (χ2v) is 4.70. The van der Waals surface area contributed by atoms with E-state index in [1.807, 2.05) is 13.8 Å². The van der Waals surface area contributed by atoms with Gasteiger partial charge < -0.3 is 14.8 Å². The molecule has 0 saturated heterocycles. The highest BCUT2D eigenvalue weighted by Crippen LogP contribution is 2.29. The maximum Gasteiger partial charge on any atom is 0.229 e. The largest absolute Gasteiger partial charge is 0.497 e. The number of ether oxygens (including phenoxy) is 2. The fourth-order valence-electron chi connectivity index (χ4n) is 2.10. The van der Waals surface area contributed by atoms with Crippen LogP contribution in [-0.4, -0.2) is 30.3 Å². The number of aromatic nitrogens is 2. The zero-order valence-electron chi connectivity index (χ0n) is 12.6. The van der Waals surface area contributed by atoms with Crippen molar-refractivity contribution in [2.45, 2.75) is 20.3 Å². The summed E-state index contributed by atoms with van der Waals surface area (Å²) in [5.41, 5.74) is 3.23. The van der Waals surface area contributed by atoms with Crippen molar-refractivity contribution < 1.29 is 14.3 Å². The molecule has 0 fully saturated rings. The summed E-state index contributed by atoms with van der Waals surface area (Å²) in [4.78, 5) is 12.2. The fourth-order valence-corrected chi connectivity index (χ4v) is 2.10. The number of H-pyrrole nitrogens is 1. The van der Waals surface area contributed by atoms with E-state index in [0.717, 1.165) is 17.0 Å². The van der Waals surface area contributed by atoms with Crippen molar-refractivity contribution in [3.05, 3.63) is 35.2 Å². The van der Waals surface area contributed by atoms with Crippen molar-refractivity contribution in [1.82, 2.24) is 10.2 Å². The van der Waals surface area contributed by atoms with Gasteiger partial charge in [-0.15, -0.1) is 0 Å². The molecule has 1 aromatic heterocycles. The molecule has 2 aromatic rings. The second kappa shape index (κ2) is 6.30. The Balaban J connectivity index is 2.16. The fraction of sp³-hybridized carbons (Fsp3) is 0.333. The van der Waals surface area contributed by atoms with Crippen LogP contribution in [0, 0.1) is 13.8 Å². The Bertz CT molecular complexity index is 630. The third-order valence-corrected chi connectivity index (χ3v) is 3.30. The zero-order chi connectivity index (χ0) is 15.4. The SMILES string of the molecule is COc1ccc(OC)c(NC(=O)Cc2c(C)n[nH]c2C)c1. The van der Waals surface area contributed by atoms with Crippen molar-refractivity contribution >= 4 is 11.6 Å². The first kappa shape index (κ1) is 14.9. The number of rotatable bonds is 5. The number of aromatic amines is 1. The minimum absolute atomic E-state index is 0.130. The maximum absolute atomic E-state index is 12.2. The van der Waals surface area contributed by atoms with Crippen molar-refractivity contribution in [2.24, 2.45) is 0 Å². The van der Waals surface area contributed by atoms with Gasteiger partial charge >= 0.3 is 0 Å². The smallest absolute Gasteiger partial charge is 0.229 e. The molecule has 1 aromatic carbocycles. The molecule has 21 heavy (non-hydrogen) atoms. The summed E-state index contributed by atoms with van der Waals surface area (Å²) >= 11 is 0. The zero-order valence-corrected chi connectivity index (χ0v) is 12.6. The number of methoxy groups -OCH3 is 2. The molecule has 0 saturated carbocycles. The highest BCUT2D eigenvalue weighted by molar-refractivity contribution is 5.94. The minimum Gasteiger partial charge on any atom is -0.497 e. The Kier molecular flexibility index (Phi) is 4.47. The molecule has 0 atom stereocenters. The van der Waals surface area contributed by atoms with E-state index < -0.39 is 0 Å². The summed E-state index contributed by atoms with van der Waals surface area (Å²) in [6, 6.07) is 5.26. The molecule has 0 aliphatic heterocycles. The van der Waals surface area contributed by atoms with Crippen LogP contribution in [0.4, 0.5) is 5.69 Å². The van der Waals surface area contributed by atoms with Gasteiger partial charge in [0.2, 0.25) is 5.91 Å². The number of nitrogens with zero attached hydrogens (tertiary/aromatic N) is 1. The van der Waals surface area contributed by atoms with E-state index in [4.69, 9.17) is 9.47 Å². The number of carbonyl (C=O) groups is 1. The van der Waals surface area contributed by atoms with Crippen LogP contribution in [0.1, 0.15) is 17.0 Å². The summed E-state index contributed by atoms with van der Waals surface area (Å²) in [6.45, 7) is 3.77. The Morgan fingerprint density at radius 2 is 2.05 bits per heavy atom. The Hall–Kier alpha value is -2.50. The van der Waals surface area contributed by atoms with E-state index in [0.29, 0.717) is 17.2 Å². The first-order chi connectivity index (χ1) is 10.0. The standard InChI is InChI=1S/C15H19N3O3/c1-9-12(10(2)18-17-9)8-15(19)16-13-7-11(20-3)5-6-14(13)21-4/h5-7H,8H2,1-4H3,(H,16,19)(H,17,18). The predicted molar refractivity (Wildman–Crippen MR) is 79.9 cm³/mol. The average molecular weight is 289 g/mol. The third-order valence-electron chi connectivity index (χ3n) is 3.30. The molecule has 0 spiro atoms. The van der Waals surface area contributed by atoms with Gasteiger partial charge in [-0.25, -0.2) is 0 Å². The van der Waals surface area contributed by atoms with E-state index in [1.165, 1.54) is 0 Å². The molecular formula is C15H19N3O3. The molecule has 0 bridgehead atoms. The molecule has 6 heteroatoms. The van der Waals surface area contributed by atoms with E-state index in [1.54, 1.807) is 32.4 Å². The van der Waals surface area contributed by atoms with Gasteiger partial charge in [0, 0.05) is 17.3 Å². The van der Waals surface area contributed by atoms with Gasteiger partial charge in [-0.3, -0.25) is 9.89 Å². The van der Waals surface area contributed by atoms with Gasteiger partial charge in [-0.05, 0) is 26.0 Å². The van der Waals surface area contributed by atoms with Gasteiger partial charge in [0.15, 0.2) is 0 Å². The molecule has 0 unspecified atom stereocenters. The summed E-state index contributed by atoms with van der Waals surface area (Å²) in [6.07, 6.45) is 0.258. The topological polar surface area (TPSA) is 76.2 Å². The van der Waals surface area contributed by atoms with E-state index >= 15 is 0 Å². The predicted octanol–water partition coefficient (Wildman–Crippen LogP) is 2.22. The van der Waals surface area contributed by atoms with Gasteiger partial charge in [0.05, 0.1) is 32.0 Å². The summed E-state index contributed by atoms with van der Waals surface area (Å²) in [7, 11) is 3.13. The number of amides is 1. The van der Waals surface area contributed by atoms with Crippen molar-refractivity contribution in [2.75, 3.05) is 19.5 Å². The molecule has 2 rings (SSSR count). The van der Waals surface area contributed by atoms with Crippen molar-refractivity contribution in [3.8, 4) is 11.5 Å². The molecule has 0 radical (unpaired) electrons. The average Bonchev–Trinajstić information content (AvgIpc) is 2.79. The third kappa shape index (κ3) is 3.34. The number of carbonyl (C=O) groups excluding carboxylic acids is 1. The molecule has 1 amide bonds. The highest BCUT2D eigenvalue weighted by Gasteiger charge is 2.14. The van der Waals surface area contributed by atoms with Crippen LogP contribution in [0.15, 0.2) is 18.2 Å². The minimum atomic E-state index is -0.130. The number of hydrogen-bond acceptors (Lipinski definition) is 4. The number of anilines is 1. The molecule has 0 aliphatic carbocycles. The van der Waals surface area contributed by atoms with Crippen molar-refractivity contribution in [1.29, 1.82) is 0 Å². The Morgan fingerprint density at radius 3 is 2.62 bits per heavy atom. The maximum atomic E-state index is 12.2. The molecular weight excluding hydrogens is 270 g/mol. The first-order valence-electron chi connectivity index (χ1n) is 6.57. The molecule has 1 heterocycles. The molecule has 0 aliphatic rings. The van der Waals surface area contributed by atoms with E-state index in [-0.39, 0.29) is 12.3 Å². The second-order valence-electron chi connectivity index (χ2n) is 4.70. The molecule has 112 valence electrons. The number of hydrogen-bond donors (Lipinski definition) is 2. The number of aryl methyl sites for hydroxylation is 2. The van der Waals surface area contributed by atoms with E-state index in [9.17, 15) is 4.79 Å². The van der Waals surface area contributed by atoms with Gasteiger partial charge in [-0.1, -0.05) is 0 Å². The highest BCUT2D eigenvalue weighted by atomic mass is 16.5. The van der Waals surface area contributed by atoms with Crippen LogP contribution in [0.5, 0.6) is 11.5 Å². The van der Waals surface area contributed by atoms with Crippen LogP contribution in [0.25, 0.3) is 0 Å². The Morgan fingerprint density at radius 1 is 1.29 bits per heavy atom. The normalized spacial score (nSPS) is 10.3. The summed E-state index contributed by atoms with van der Waals surface area (Å²) in [5, 5.41) is 9.80. The van der Waals surface area contributed by atoms with Gasteiger partial charge in [-0.2, -0.15) is 5.10 Å². The number of benzene rings is 1. The lowest BCUT2D eigenvalue weighted by Gasteiger charge is -2.11. The van der Waals surface area contributed by atoms with Crippen LogP contribution in [0.2, 0.25) is 0 Å². The van der Waals surface area contributed by atoms with Gasteiger partial charge in [0.25, 0.3) is 0 Å². The summed E-state index contributed by atoms with van der Waals surface area (Å²) in [5.74, 6) is 1.11. The lowest BCUT2D eigenvalue weighted by molar-refractivity contribution is -0.115. The summed E-state index contributed by atoms with van der Waals surface area (Å²) < 4.78 is 10.4. The lowest BCUT2D eigenvalue weighted by Crippen LogP contribution is -2.16. The van der Waals surface area contributed by atoms with Crippen LogP contribution >= 0.6 is 0 Å². The quantitative estimate of drug-likeness (QED) is 0.885. The monoisotopic (exact) mass is 289 g/mol. The molecule has 6 nitrogen and oxygen atoms in total. The lowest BCUT2D eigenvalue weighted by atomic mass is 10.1. The first-order valence-corrected chi connectivity index (χ1v) is 6.57. The van der Waals surface area contributed by atoms with Crippen LogP contribution in [-0.2, 0) is 11.2 Å². The van der Waals surface area contributed by atoms with E-state index in [2.05, 4.69) is 15.5 Å². The molecule has 2 N–H and O–H groups in total. The van der Waals surface area contributed by atoms with Crippen molar-refractivity contribution in [3.63, 3.8) is 0 Å². The van der Waals surface area contributed by atoms with Crippen LogP contribution < -0.4 is 14.8 Å². The van der Waals surface area contributed by atoms with Gasteiger partial charge in [0.1, 0.15) is 11.5 Å². The number of nitrogens with one attached hydrogen (secondary N) is 2. The Labute approximate surface area is 123 Å². The van der Waals surface area contributed by atoms with Crippen LogP contribution in [0.3, 0.4) is 0 Å².